The first-order valence-corrected chi connectivity index (χ1v) is 9.52. The molecule has 2 aromatic rings. The minimum atomic E-state index is -0.121. The summed E-state index contributed by atoms with van der Waals surface area (Å²) in [5.41, 5.74) is 2.55. The van der Waals surface area contributed by atoms with Crippen LogP contribution in [0.25, 0.3) is 0 Å². The number of anilines is 2. The molecule has 0 aromatic heterocycles. The molecule has 1 saturated heterocycles. The van der Waals surface area contributed by atoms with Crippen LogP contribution in [0.3, 0.4) is 0 Å². The smallest absolute Gasteiger partial charge is 0.324 e. The van der Waals surface area contributed by atoms with E-state index in [9.17, 15) is 9.59 Å². The Morgan fingerprint density at radius 3 is 2.33 bits per heavy atom. The highest BCUT2D eigenvalue weighted by atomic mass is 16.2. The Morgan fingerprint density at radius 1 is 0.963 bits per heavy atom. The maximum atomic E-state index is 13.3. The van der Waals surface area contributed by atoms with Gasteiger partial charge in [0.1, 0.15) is 0 Å². The van der Waals surface area contributed by atoms with Gasteiger partial charge in [0, 0.05) is 19.0 Å². The molecule has 1 aliphatic heterocycles. The second-order valence-electron chi connectivity index (χ2n) is 7.23. The first-order chi connectivity index (χ1) is 13.0. The van der Waals surface area contributed by atoms with Crippen LogP contribution in [0.4, 0.5) is 16.2 Å². The lowest BCUT2D eigenvalue weighted by Gasteiger charge is -2.39. The number of hydrogen-bond donors (Lipinski definition) is 1. The molecular formula is C22H27N3O2. The lowest BCUT2D eigenvalue weighted by molar-refractivity contribution is -0.118. The Morgan fingerprint density at radius 2 is 1.63 bits per heavy atom. The molecule has 3 amide bonds. The minimum absolute atomic E-state index is 0.00100. The Hall–Kier alpha value is -2.82. The van der Waals surface area contributed by atoms with E-state index in [-0.39, 0.29) is 23.9 Å². The molecule has 1 aliphatic rings. The van der Waals surface area contributed by atoms with Gasteiger partial charge in [0.15, 0.2) is 0 Å². The maximum Gasteiger partial charge on any atom is 0.325 e. The topological polar surface area (TPSA) is 52.7 Å². The van der Waals surface area contributed by atoms with E-state index in [4.69, 9.17) is 0 Å². The number of rotatable bonds is 5. The SMILES string of the molecule is CC(C)C(=O)Nc1ccccc1N1CCCN(C(C)c2ccccc2)C1=O. The van der Waals surface area contributed by atoms with Gasteiger partial charge in [-0.1, -0.05) is 56.3 Å². The number of nitrogens with zero attached hydrogens (tertiary/aromatic N) is 2. The predicted molar refractivity (Wildman–Crippen MR) is 109 cm³/mol. The second-order valence-corrected chi connectivity index (χ2v) is 7.23. The van der Waals surface area contributed by atoms with Gasteiger partial charge in [-0.25, -0.2) is 4.79 Å². The van der Waals surface area contributed by atoms with Crippen LogP contribution in [0.2, 0.25) is 0 Å². The van der Waals surface area contributed by atoms with Gasteiger partial charge in [0.25, 0.3) is 0 Å². The normalized spacial score (nSPS) is 15.8. The van der Waals surface area contributed by atoms with Gasteiger partial charge in [0.2, 0.25) is 5.91 Å². The molecule has 1 N–H and O–H groups in total. The van der Waals surface area contributed by atoms with Crippen molar-refractivity contribution in [2.75, 3.05) is 23.3 Å². The summed E-state index contributed by atoms with van der Waals surface area (Å²) < 4.78 is 0. The second kappa shape index (κ2) is 8.25. The fraction of sp³-hybridized carbons (Fsp3) is 0.364. The number of carbonyl (C=O) groups is 2. The van der Waals surface area contributed by atoms with Gasteiger partial charge >= 0.3 is 6.03 Å². The molecule has 1 unspecified atom stereocenters. The minimum Gasteiger partial charge on any atom is -0.324 e. The van der Waals surface area contributed by atoms with Crippen LogP contribution < -0.4 is 10.2 Å². The summed E-state index contributed by atoms with van der Waals surface area (Å²) in [4.78, 5) is 29.1. The standard InChI is InChI=1S/C22H27N3O2/c1-16(2)21(26)23-19-12-7-8-13-20(19)25-15-9-14-24(22(25)27)17(3)18-10-5-4-6-11-18/h4-8,10-13,16-17H,9,14-15H2,1-3H3,(H,23,26). The third-order valence-corrected chi connectivity index (χ3v) is 4.98. The molecular weight excluding hydrogens is 338 g/mol. The van der Waals surface area contributed by atoms with E-state index in [2.05, 4.69) is 12.2 Å². The molecule has 5 heteroatoms. The lowest BCUT2D eigenvalue weighted by Crippen LogP contribution is -2.50. The molecule has 1 heterocycles. The highest BCUT2D eigenvalue weighted by Gasteiger charge is 2.31. The van der Waals surface area contributed by atoms with Crippen molar-refractivity contribution in [3.8, 4) is 0 Å². The van der Waals surface area contributed by atoms with Crippen molar-refractivity contribution >= 4 is 23.3 Å². The third kappa shape index (κ3) is 4.13. The summed E-state index contributed by atoms with van der Waals surface area (Å²) in [7, 11) is 0. The van der Waals surface area contributed by atoms with Crippen molar-refractivity contribution in [2.45, 2.75) is 33.2 Å². The molecule has 142 valence electrons. The van der Waals surface area contributed by atoms with E-state index >= 15 is 0 Å². The van der Waals surface area contributed by atoms with Gasteiger partial charge in [-0.15, -0.1) is 0 Å². The summed E-state index contributed by atoms with van der Waals surface area (Å²) >= 11 is 0. The van der Waals surface area contributed by atoms with Crippen molar-refractivity contribution in [1.29, 1.82) is 0 Å². The predicted octanol–water partition coefficient (Wildman–Crippen LogP) is 4.67. The number of nitrogens with one attached hydrogen (secondary N) is 1. The van der Waals surface area contributed by atoms with E-state index in [0.29, 0.717) is 12.2 Å². The number of amides is 3. The number of benzene rings is 2. The van der Waals surface area contributed by atoms with Crippen molar-refractivity contribution in [3.05, 3.63) is 60.2 Å². The van der Waals surface area contributed by atoms with Crippen LogP contribution >= 0.6 is 0 Å². The fourth-order valence-electron chi connectivity index (χ4n) is 3.33. The Balaban J connectivity index is 1.85. The first kappa shape index (κ1) is 19.0. The molecule has 0 bridgehead atoms. The van der Waals surface area contributed by atoms with Gasteiger partial charge in [-0.2, -0.15) is 0 Å². The van der Waals surface area contributed by atoms with Crippen molar-refractivity contribution in [1.82, 2.24) is 4.90 Å². The van der Waals surface area contributed by atoms with Crippen LogP contribution in [0, 0.1) is 5.92 Å². The van der Waals surface area contributed by atoms with E-state index < -0.39 is 0 Å². The molecule has 2 aromatic carbocycles. The highest BCUT2D eigenvalue weighted by Crippen LogP contribution is 2.32. The fourth-order valence-corrected chi connectivity index (χ4v) is 3.33. The van der Waals surface area contributed by atoms with E-state index in [0.717, 1.165) is 24.2 Å². The summed E-state index contributed by atoms with van der Waals surface area (Å²) in [6.45, 7) is 7.14. The first-order valence-electron chi connectivity index (χ1n) is 9.52. The van der Waals surface area contributed by atoms with E-state index in [1.807, 2.05) is 73.3 Å². The van der Waals surface area contributed by atoms with Crippen LogP contribution in [-0.4, -0.2) is 29.9 Å². The maximum absolute atomic E-state index is 13.3. The summed E-state index contributed by atoms with van der Waals surface area (Å²) in [5, 5.41) is 2.95. The van der Waals surface area contributed by atoms with E-state index in [1.54, 1.807) is 4.90 Å². The number of hydrogen-bond acceptors (Lipinski definition) is 2. The summed E-state index contributed by atoms with van der Waals surface area (Å²) in [6, 6.07) is 17.6. The average molecular weight is 365 g/mol. The average Bonchev–Trinajstić information content (AvgIpc) is 2.69. The van der Waals surface area contributed by atoms with Crippen molar-refractivity contribution in [3.63, 3.8) is 0 Å². The number of urea groups is 1. The number of carbonyl (C=O) groups excluding carboxylic acids is 2. The quantitative estimate of drug-likeness (QED) is 0.837. The molecule has 1 atom stereocenters. The molecule has 1 fully saturated rings. The highest BCUT2D eigenvalue weighted by molar-refractivity contribution is 6.01. The zero-order chi connectivity index (χ0) is 19.4. The van der Waals surface area contributed by atoms with Gasteiger partial charge in [-0.3, -0.25) is 9.69 Å². The van der Waals surface area contributed by atoms with Gasteiger partial charge < -0.3 is 10.2 Å². The Labute approximate surface area is 161 Å². The monoisotopic (exact) mass is 365 g/mol. The molecule has 0 radical (unpaired) electrons. The van der Waals surface area contributed by atoms with Crippen LogP contribution in [0.5, 0.6) is 0 Å². The third-order valence-electron chi connectivity index (χ3n) is 4.98. The number of para-hydroxylation sites is 2. The Bertz CT molecular complexity index is 804. The zero-order valence-corrected chi connectivity index (χ0v) is 16.2. The molecule has 0 saturated carbocycles. The van der Waals surface area contributed by atoms with Gasteiger partial charge in [0.05, 0.1) is 17.4 Å². The van der Waals surface area contributed by atoms with Gasteiger partial charge in [-0.05, 0) is 31.0 Å². The Kier molecular flexibility index (Phi) is 5.79. The van der Waals surface area contributed by atoms with Crippen LogP contribution in [0.15, 0.2) is 54.6 Å². The zero-order valence-electron chi connectivity index (χ0n) is 16.2. The van der Waals surface area contributed by atoms with Crippen LogP contribution in [-0.2, 0) is 4.79 Å². The summed E-state index contributed by atoms with van der Waals surface area (Å²) in [6.07, 6.45) is 0.884. The van der Waals surface area contributed by atoms with Crippen molar-refractivity contribution in [2.24, 2.45) is 5.92 Å². The lowest BCUT2D eigenvalue weighted by atomic mass is 10.1. The largest absolute Gasteiger partial charge is 0.325 e. The molecule has 0 spiro atoms. The van der Waals surface area contributed by atoms with E-state index in [1.165, 1.54) is 0 Å². The van der Waals surface area contributed by atoms with Crippen LogP contribution in [0.1, 0.15) is 38.8 Å². The molecule has 3 rings (SSSR count). The summed E-state index contributed by atoms with van der Waals surface area (Å²) in [5.74, 6) is -0.175. The molecule has 5 nitrogen and oxygen atoms in total. The molecule has 0 aliphatic carbocycles. The molecule has 27 heavy (non-hydrogen) atoms. The van der Waals surface area contributed by atoms with Crippen molar-refractivity contribution < 1.29 is 9.59 Å².